The fraction of sp³-hybridized carbons (Fsp3) is 0.538. The van der Waals surface area contributed by atoms with Crippen molar-refractivity contribution in [2.45, 2.75) is 33.1 Å². The first kappa shape index (κ1) is 13.5. The van der Waals surface area contributed by atoms with Gasteiger partial charge in [0.2, 0.25) is 0 Å². The fourth-order valence-corrected chi connectivity index (χ4v) is 2.09. The Bertz CT molecular complexity index is 354. The SMILES string of the molecule is CCCC(C)(CO)Cc1ccc(Cl)c(F)c1. The van der Waals surface area contributed by atoms with E-state index in [1.165, 1.54) is 6.07 Å². The van der Waals surface area contributed by atoms with Gasteiger partial charge in [-0.25, -0.2) is 4.39 Å². The number of rotatable bonds is 5. The van der Waals surface area contributed by atoms with Crippen molar-refractivity contribution in [3.8, 4) is 0 Å². The van der Waals surface area contributed by atoms with E-state index in [1.807, 2.05) is 13.0 Å². The van der Waals surface area contributed by atoms with Crippen molar-refractivity contribution in [2.24, 2.45) is 5.41 Å². The average molecular weight is 245 g/mol. The van der Waals surface area contributed by atoms with E-state index in [9.17, 15) is 9.50 Å². The summed E-state index contributed by atoms with van der Waals surface area (Å²) in [5.74, 6) is -0.393. The molecule has 0 aliphatic heterocycles. The predicted molar refractivity (Wildman–Crippen MR) is 65.2 cm³/mol. The van der Waals surface area contributed by atoms with Crippen LogP contribution in [0.3, 0.4) is 0 Å². The molecule has 0 fully saturated rings. The van der Waals surface area contributed by atoms with Gasteiger partial charge in [0.15, 0.2) is 0 Å². The van der Waals surface area contributed by atoms with Gasteiger partial charge in [0.1, 0.15) is 5.82 Å². The molecule has 0 bridgehead atoms. The number of halogens is 2. The summed E-state index contributed by atoms with van der Waals surface area (Å²) in [5.41, 5.74) is 0.710. The molecule has 90 valence electrons. The summed E-state index contributed by atoms with van der Waals surface area (Å²) in [6.07, 6.45) is 2.60. The Morgan fingerprint density at radius 3 is 2.62 bits per heavy atom. The van der Waals surface area contributed by atoms with Gasteiger partial charge in [0, 0.05) is 6.61 Å². The topological polar surface area (TPSA) is 20.2 Å². The Morgan fingerprint density at radius 1 is 1.44 bits per heavy atom. The van der Waals surface area contributed by atoms with Crippen LogP contribution in [-0.2, 0) is 6.42 Å². The molecule has 0 saturated heterocycles. The first-order chi connectivity index (χ1) is 7.50. The second-order valence-corrected chi connectivity index (χ2v) is 5.05. The van der Waals surface area contributed by atoms with Crippen molar-refractivity contribution in [1.82, 2.24) is 0 Å². The van der Waals surface area contributed by atoms with Crippen LogP contribution >= 0.6 is 11.6 Å². The summed E-state index contributed by atoms with van der Waals surface area (Å²) >= 11 is 5.62. The molecule has 1 aromatic rings. The summed E-state index contributed by atoms with van der Waals surface area (Å²) in [6.45, 7) is 4.21. The minimum Gasteiger partial charge on any atom is -0.396 e. The van der Waals surface area contributed by atoms with Gasteiger partial charge in [0.25, 0.3) is 0 Å². The van der Waals surface area contributed by atoms with Crippen LogP contribution in [0.15, 0.2) is 18.2 Å². The molecule has 0 spiro atoms. The second kappa shape index (κ2) is 5.65. The highest BCUT2D eigenvalue weighted by atomic mass is 35.5. The second-order valence-electron chi connectivity index (χ2n) is 4.64. The van der Waals surface area contributed by atoms with E-state index >= 15 is 0 Å². The molecular formula is C13H18ClFO. The fourth-order valence-electron chi connectivity index (χ4n) is 1.97. The van der Waals surface area contributed by atoms with E-state index in [4.69, 9.17) is 11.6 Å². The molecule has 1 N–H and O–H groups in total. The van der Waals surface area contributed by atoms with Crippen molar-refractivity contribution < 1.29 is 9.50 Å². The molecule has 0 saturated carbocycles. The first-order valence-corrected chi connectivity index (χ1v) is 5.93. The molecule has 0 aromatic heterocycles. The van der Waals surface area contributed by atoms with Crippen LogP contribution in [0.4, 0.5) is 4.39 Å². The molecule has 1 aromatic carbocycles. The lowest BCUT2D eigenvalue weighted by Gasteiger charge is -2.27. The third-order valence-electron chi connectivity index (χ3n) is 2.85. The van der Waals surface area contributed by atoms with Gasteiger partial charge >= 0.3 is 0 Å². The van der Waals surface area contributed by atoms with E-state index in [-0.39, 0.29) is 17.0 Å². The third kappa shape index (κ3) is 3.46. The zero-order valence-corrected chi connectivity index (χ0v) is 10.5. The number of aliphatic hydroxyl groups excluding tert-OH is 1. The zero-order chi connectivity index (χ0) is 12.2. The normalized spacial score (nSPS) is 14.8. The highest BCUT2D eigenvalue weighted by molar-refractivity contribution is 6.30. The molecule has 0 aliphatic rings. The monoisotopic (exact) mass is 244 g/mol. The van der Waals surface area contributed by atoms with Crippen molar-refractivity contribution in [2.75, 3.05) is 6.61 Å². The van der Waals surface area contributed by atoms with Crippen LogP contribution < -0.4 is 0 Å². The first-order valence-electron chi connectivity index (χ1n) is 5.55. The lowest BCUT2D eigenvalue weighted by Crippen LogP contribution is -2.24. The largest absolute Gasteiger partial charge is 0.396 e. The third-order valence-corrected chi connectivity index (χ3v) is 3.16. The number of aliphatic hydroxyl groups is 1. The molecule has 3 heteroatoms. The summed E-state index contributed by atoms with van der Waals surface area (Å²) in [4.78, 5) is 0. The molecule has 1 unspecified atom stereocenters. The maximum Gasteiger partial charge on any atom is 0.142 e. The molecule has 1 atom stereocenters. The lowest BCUT2D eigenvalue weighted by atomic mass is 9.80. The van der Waals surface area contributed by atoms with Gasteiger partial charge < -0.3 is 5.11 Å². The van der Waals surface area contributed by atoms with E-state index < -0.39 is 5.82 Å². The van der Waals surface area contributed by atoms with E-state index in [0.29, 0.717) is 6.42 Å². The van der Waals surface area contributed by atoms with Crippen molar-refractivity contribution in [3.63, 3.8) is 0 Å². The van der Waals surface area contributed by atoms with E-state index in [0.717, 1.165) is 18.4 Å². The van der Waals surface area contributed by atoms with Crippen LogP contribution in [0.2, 0.25) is 5.02 Å². The van der Waals surface area contributed by atoms with Crippen molar-refractivity contribution in [3.05, 3.63) is 34.6 Å². The van der Waals surface area contributed by atoms with Crippen LogP contribution in [0.5, 0.6) is 0 Å². The van der Waals surface area contributed by atoms with Crippen LogP contribution in [-0.4, -0.2) is 11.7 Å². The Hall–Kier alpha value is -0.600. The van der Waals surface area contributed by atoms with Crippen LogP contribution in [0.25, 0.3) is 0 Å². The van der Waals surface area contributed by atoms with Crippen molar-refractivity contribution >= 4 is 11.6 Å². The van der Waals surface area contributed by atoms with Crippen molar-refractivity contribution in [1.29, 1.82) is 0 Å². The quantitative estimate of drug-likeness (QED) is 0.835. The van der Waals surface area contributed by atoms with Gasteiger partial charge in [-0.05, 0) is 36.0 Å². The standard InChI is InChI=1S/C13H18ClFO/c1-3-6-13(2,9-16)8-10-4-5-11(14)12(15)7-10/h4-5,7,16H,3,6,8-9H2,1-2H3. The molecule has 1 rings (SSSR count). The number of hydrogen-bond acceptors (Lipinski definition) is 1. The van der Waals surface area contributed by atoms with Gasteiger partial charge in [0.05, 0.1) is 5.02 Å². The Morgan fingerprint density at radius 2 is 2.12 bits per heavy atom. The molecule has 0 radical (unpaired) electrons. The smallest absolute Gasteiger partial charge is 0.142 e. The van der Waals surface area contributed by atoms with Crippen LogP contribution in [0, 0.1) is 11.2 Å². The average Bonchev–Trinajstić information content (AvgIpc) is 2.24. The molecule has 0 aliphatic carbocycles. The van der Waals surface area contributed by atoms with Crippen LogP contribution in [0.1, 0.15) is 32.3 Å². The molecule has 0 heterocycles. The van der Waals surface area contributed by atoms with E-state index in [1.54, 1.807) is 6.07 Å². The molecule has 1 nitrogen and oxygen atoms in total. The molecule has 16 heavy (non-hydrogen) atoms. The Kier molecular flexibility index (Phi) is 4.75. The Balaban J connectivity index is 2.81. The molecular weight excluding hydrogens is 227 g/mol. The molecule has 0 amide bonds. The van der Waals surface area contributed by atoms with Gasteiger partial charge in [-0.15, -0.1) is 0 Å². The number of hydrogen-bond donors (Lipinski definition) is 1. The number of benzene rings is 1. The zero-order valence-electron chi connectivity index (χ0n) is 9.76. The van der Waals surface area contributed by atoms with Gasteiger partial charge in [-0.1, -0.05) is 37.9 Å². The minimum atomic E-state index is -0.393. The van der Waals surface area contributed by atoms with Gasteiger partial charge in [-0.2, -0.15) is 0 Å². The van der Waals surface area contributed by atoms with Gasteiger partial charge in [-0.3, -0.25) is 0 Å². The maximum atomic E-state index is 13.2. The minimum absolute atomic E-state index is 0.116. The maximum absolute atomic E-state index is 13.2. The lowest BCUT2D eigenvalue weighted by molar-refractivity contribution is 0.131. The highest BCUT2D eigenvalue weighted by Gasteiger charge is 2.23. The Labute approximate surface area is 101 Å². The summed E-state index contributed by atoms with van der Waals surface area (Å²) in [7, 11) is 0. The summed E-state index contributed by atoms with van der Waals surface area (Å²) in [6, 6.07) is 4.83. The summed E-state index contributed by atoms with van der Waals surface area (Å²) < 4.78 is 13.2. The highest BCUT2D eigenvalue weighted by Crippen LogP contribution is 2.28. The van der Waals surface area contributed by atoms with E-state index in [2.05, 4.69) is 6.92 Å². The predicted octanol–water partition coefficient (Wildman–Crippen LogP) is 3.82. The summed E-state index contributed by atoms with van der Waals surface area (Å²) in [5, 5.41) is 9.53.